The third-order valence-corrected chi connectivity index (χ3v) is 4.27. The van der Waals surface area contributed by atoms with E-state index >= 15 is 0 Å². The van der Waals surface area contributed by atoms with Crippen LogP contribution in [0.25, 0.3) is 16.6 Å². The molecule has 0 radical (unpaired) electrons. The molecule has 6 nitrogen and oxygen atoms in total. The van der Waals surface area contributed by atoms with Gasteiger partial charge in [-0.25, -0.2) is 0 Å². The number of carbonyl (C=O) groups excluding carboxylic acids is 1. The zero-order valence-electron chi connectivity index (χ0n) is 13.5. The van der Waals surface area contributed by atoms with Gasteiger partial charge in [0.25, 0.3) is 0 Å². The van der Waals surface area contributed by atoms with Crippen molar-refractivity contribution in [2.24, 2.45) is 0 Å². The second-order valence-corrected chi connectivity index (χ2v) is 5.86. The van der Waals surface area contributed by atoms with E-state index < -0.39 is 0 Å². The number of tetrazole rings is 1. The van der Waals surface area contributed by atoms with Gasteiger partial charge in [0.1, 0.15) is 11.6 Å². The van der Waals surface area contributed by atoms with Crippen molar-refractivity contribution in [2.45, 2.75) is 13.3 Å². The second kappa shape index (κ2) is 5.80. The SMILES string of the molecule is Cc1ccc(C(=O)Cc2c(C#N)c3nnnn3c3ccccc23)cc1. The van der Waals surface area contributed by atoms with Crippen LogP contribution in [0.4, 0.5) is 0 Å². The highest BCUT2D eigenvalue weighted by molar-refractivity contribution is 6.01. The van der Waals surface area contributed by atoms with Crippen LogP contribution in [0.1, 0.15) is 27.0 Å². The fourth-order valence-electron chi connectivity index (χ4n) is 2.99. The summed E-state index contributed by atoms with van der Waals surface area (Å²) in [4.78, 5) is 12.7. The van der Waals surface area contributed by atoms with E-state index in [1.807, 2.05) is 55.5 Å². The van der Waals surface area contributed by atoms with Gasteiger partial charge < -0.3 is 0 Å². The Labute approximate surface area is 143 Å². The zero-order chi connectivity index (χ0) is 17.4. The number of nitriles is 1. The summed E-state index contributed by atoms with van der Waals surface area (Å²) in [5.41, 5.74) is 3.85. The Hall–Kier alpha value is -3.59. The van der Waals surface area contributed by atoms with Crippen molar-refractivity contribution < 1.29 is 4.79 Å². The molecule has 4 rings (SSSR count). The summed E-state index contributed by atoms with van der Waals surface area (Å²) >= 11 is 0. The van der Waals surface area contributed by atoms with E-state index in [1.165, 1.54) is 4.52 Å². The van der Waals surface area contributed by atoms with Gasteiger partial charge in [-0.05, 0) is 29.0 Å². The van der Waals surface area contributed by atoms with Crippen molar-refractivity contribution in [3.8, 4) is 6.07 Å². The highest BCUT2D eigenvalue weighted by Crippen LogP contribution is 2.26. The largest absolute Gasteiger partial charge is 0.294 e. The fraction of sp³-hybridized carbons (Fsp3) is 0.105. The quantitative estimate of drug-likeness (QED) is 0.540. The maximum Gasteiger partial charge on any atom is 0.197 e. The van der Waals surface area contributed by atoms with Gasteiger partial charge >= 0.3 is 0 Å². The van der Waals surface area contributed by atoms with Crippen molar-refractivity contribution in [1.82, 2.24) is 20.0 Å². The number of Topliss-reactive ketones (excluding diaryl/α,β-unsaturated/α-hetero) is 1. The fourth-order valence-corrected chi connectivity index (χ4v) is 2.99. The minimum Gasteiger partial charge on any atom is -0.294 e. The molecule has 2 aromatic carbocycles. The lowest BCUT2D eigenvalue weighted by atomic mass is 9.96. The summed E-state index contributed by atoms with van der Waals surface area (Å²) in [5.74, 6) is -0.0431. The highest BCUT2D eigenvalue weighted by Gasteiger charge is 2.19. The molecule has 0 saturated carbocycles. The van der Waals surface area contributed by atoms with Crippen LogP contribution in [0.15, 0.2) is 48.5 Å². The van der Waals surface area contributed by atoms with Gasteiger partial charge in [-0.2, -0.15) is 9.78 Å². The van der Waals surface area contributed by atoms with E-state index in [1.54, 1.807) is 0 Å². The summed E-state index contributed by atoms with van der Waals surface area (Å²) in [6.45, 7) is 1.97. The van der Waals surface area contributed by atoms with Crippen LogP contribution in [0.2, 0.25) is 0 Å². The monoisotopic (exact) mass is 327 g/mol. The number of rotatable bonds is 3. The first kappa shape index (κ1) is 15.0. The minimum absolute atomic E-state index is 0.0431. The third kappa shape index (κ3) is 2.42. The average Bonchev–Trinajstić information content (AvgIpc) is 3.12. The van der Waals surface area contributed by atoms with Crippen molar-refractivity contribution >= 4 is 22.3 Å². The molecule has 0 atom stereocenters. The summed E-state index contributed by atoms with van der Waals surface area (Å²) < 4.78 is 1.54. The van der Waals surface area contributed by atoms with Gasteiger partial charge in [-0.3, -0.25) is 4.79 Å². The molecule has 2 aromatic heterocycles. The molecule has 0 fully saturated rings. The van der Waals surface area contributed by atoms with Crippen LogP contribution >= 0.6 is 0 Å². The van der Waals surface area contributed by atoms with Crippen molar-refractivity contribution in [3.05, 3.63) is 70.8 Å². The summed E-state index contributed by atoms with van der Waals surface area (Å²) in [5, 5.41) is 22.0. The number of nitrogens with zero attached hydrogens (tertiary/aromatic N) is 5. The molecule has 0 aliphatic rings. The molecule has 0 aliphatic heterocycles. The van der Waals surface area contributed by atoms with E-state index in [-0.39, 0.29) is 12.2 Å². The lowest BCUT2D eigenvalue weighted by Gasteiger charge is -2.10. The van der Waals surface area contributed by atoms with E-state index in [9.17, 15) is 10.1 Å². The molecule has 0 N–H and O–H groups in total. The zero-order valence-corrected chi connectivity index (χ0v) is 13.5. The van der Waals surface area contributed by atoms with Crippen LogP contribution in [-0.2, 0) is 6.42 Å². The predicted octanol–water partition coefficient (Wildman–Crippen LogP) is 2.88. The van der Waals surface area contributed by atoms with Crippen LogP contribution in [0, 0.1) is 18.3 Å². The lowest BCUT2D eigenvalue weighted by molar-refractivity contribution is 0.0993. The number of pyridine rings is 1. The molecule has 0 saturated heterocycles. The number of fused-ring (bicyclic) bond motifs is 3. The van der Waals surface area contributed by atoms with Crippen LogP contribution < -0.4 is 0 Å². The molecule has 0 bridgehead atoms. The second-order valence-electron chi connectivity index (χ2n) is 5.86. The summed E-state index contributed by atoms with van der Waals surface area (Å²) in [7, 11) is 0. The molecule has 120 valence electrons. The summed E-state index contributed by atoms with van der Waals surface area (Å²) in [6, 6.07) is 17.1. The average molecular weight is 327 g/mol. The van der Waals surface area contributed by atoms with Gasteiger partial charge in [-0.1, -0.05) is 48.0 Å². The van der Waals surface area contributed by atoms with Crippen LogP contribution in [0.5, 0.6) is 0 Å². The minimum atomic E-state index is -0.0431. The number of benzene rings is 2. The normalized spacial score (nSPS) is 10.9. The standard InChI is InChI=1S/C19H13N5O/c1-12-6-8-13(9-7-12)18(25)10-15-14-4-2-3-5-17(14)24-19(16(15)11-20)21-22-23-24/h2-9H,10H2,1H3. The van der Waals surface area contributed by atoms with Crippen LogP contribution in [0.3, 0.4) is 0 Å². The van der Waals surface area contributed by atoms with E-state index in [0.717, 1.165) is 16.5 Å². The number of aromatic nitrogens is 4. The number of para-hydroxylation sites is 1. The molecule has 2 heterocycles. The Bertz CT molecular complexity index is 1150. The maximum atomic E-state index is 12.7. The Morgan fingerprint density at radius 3 is 2.68 bits per heavy atom. The smallest absolute Gasteiger partial charge is 0.197 e. The Morgan fingerprint density at radius 2 is 1.92 bits per heavy atom. The maximum absolute atomic E-state index is 12.7. The van der Waals surface area contributed by atoms with Gasteiger partial charge in [0.15, 0.2) is 11.4 Å². The predicted molar refractivity (Wildman–Crippen MR) is 92.2 cm³/mol. The molecule has 25 heavy (non-hydrogen) atoms. The van der Waals surface area contributed by atoms with E-state index in [2.05, 4.69) is 21.6 Å². The molecular weight excluding hydrogens is 314 g/mol. The first-order valence-corrected chi connectivity index (χ1v) is 7.80. The number of hydrogen-bond acceptors (Lipinski definition) is 5. The van der Waals surface area contributed by atoms with E-state index in [4.69, 9.17) is 0 Å². The number of ketones is 1. The van der Waals surface area contributed by atoms with Gasteiger partial charge in [0, 0.05) is 17.4 Å². The first-order chi connectivity index (χ1) is 12.2. The molecule has 0 amide bonds. The molecule has 0 unspecified atom stereocenters. The number of carbonyl (C=O) groups is 1. The Morgan fingerprint density at radius 1 is 1.16 bits per heavy atom. The molecule has 6 heteroatoms. The Balaban J connectivity index is 1.92. The molecule has 0 aliphatic carbocycles. The van der Waals surface area contributed by atoms with Gasteiger partial charge in [-0.15, -0.1) is 5.10 Å². The van der Waals surface area contributed by atoms with E-state index in [0.29, 0.717) is 22.3 Å². The number of aryl methyl sites for hydroxylation is 1. The first-order valence-electron chi connectivity index (χ1n) is 7.80. The molecule has 0 spiro atoms. The van der Waals surface area contributed by atoms with Gasteiger partial charge in [0.2, 0.25) is 0 Å². The topological polar surface area (TPSA) is 83.9 Å². The summed E-state index contributed by atoms with van der Waals surface area (Å²) in [6.07, 6.45) is 0.121. The third-order valence-electron chi connectivity index (χ3n) is 4.27. The van der Waals surface area contributed by atoms with Crippen molar-refractivity contribution in [3.63, 3.8) is 0 Å². The van der Waals surface area contributed by atoms with Crippen LogP contribution in [-0.4, -0.2) is 25.8 Å². The molecule has 4 aromatic rings. The van der Waals surface area contributed by atoms with Crippen molar-refractivity contribution in [2.75, 3.05) is 0 Å². The van der Waals surface area contributed by atoms with Crippen molar-refractivity contribution in [1.29, 1.82) is 5.26 Å². The number of hydrogen-bond donors (Lipinski definition) is 0. The Kier molecular flexibility index (Phi) is 3.47. The van der Waals surface area contributed by atoms with Gasteiger partial charge in [0.05, 0.1) is 5.52 Å². The lowest BCUT2D eigenvalue weighted by Crippen LogP contribution is -2.08. The molecular formula is C19H13N5O. The highest BCUT2D eigenvalue weighted by atomic mass is 16.1.